The Balaban J connectivity index is 1.45. The molecular weight excluding hydrogens is 388 g/mol. The fraction of sp³-hybridized carbons (Fsp3) is 0.455. The number of rotatable bonds is 2. The van der Waals surface area contributed by atoms with Crippen LogP contribution in [0.3, 0.4) is 0 Å². The normalized spacial score (nSPS) is 19.9. The number of piperazine rings is 1. The van der Waals surface area contributed by atoms with E-state index in [-0.39, 0.29) is 0 Å². The monoisotopic (exact) mass is 412 g/mol. The Morgan fingerprint density at radius 2 is 1.89 bits per heavy atom. The highest BCUT2D eigenvalue weighted by atomic mass is 35.5. The van der Waals surface area contributed by atoms with E-state index in [1.165, 1.54) is 45.6 Å². The lowest BCUT2D eigenvalue weighted by atomic mass is 9.89. The first-order chi connectivity index (χ1) is 13.6. The number of aryl methyl sites for hydroxylation is 2. The first-order valence-corrected chi connectivity index (χ1v) is 11.3. The number of fused-ring (bicyclic) bond motifs is 3. The lowest BCUT2D eigenvalue weighted by Crippen LogP contribution is -2.47. The molecule has 1 saturated heterocycles. The van der Waals surface area contributed by atoms with Crippen LogP contribution in [0.2, 0.25) is 5.02 Å². The molecule has 28 heavy (non-hydrogen) atoms. The predicted octanol–water partition coefficient (Wildman–Crippen LogP) is 5.10. The van der Waals surface area contributed by atoms with Crippen molar-refractivity contribution in [3.63, 3.8) is 0 Å². The summed E-state index contributed by atoms with van der Waals surface area (Å²) in [5, 5.41) is 2.13. The van der Waals surface area contributed by atoms with E-state index in [2.05, 4.69) is 28.9 Å². The van der Waals surface area contributed by atoms with Gasteiger partial charge in [0, 0.05) is 41.8 Å². The zero-order valence-corrected chi connectivity index (χ0v) is 18.0. The van der Waals surface area contributed by atoms with Crippen LogP contribution in [0.25, 0.3) is 10.2 Å². The van der Waals surface area contributed by atoms with Gasteiger partial charge in [-0.15, -0.1) is 11.3 Å². The van der Waals surface area contributed by atoms with Crippen LogP contribution in [0, 0.1) is 12.8 Å². The van der Waals surface area contributed by atoms with Crippen LogP contribution in [-0.4, -0.2) is 36.1 Å². The Labute approximate surface area is 175 Å². The number of thiophene rings is 1. The fourth-order valence-corrected chi connectivity index (χ4v) is 6.11. The average Bonchev–Trinajstić information content (AvgIpc) is 3.04. The molecular formula is C22H25ClN4S. The molecule has 6 heteroatoms. The summed E-state index contributed by atoms with van der Waals surface area (Å²) in [6.45, 7) is 8.29. The number of aromatic nitrogens is 2. The molecule has 0 bridgehead atoms. The van der Waals surface area contributed by atoms with Crippen molar-refractivity contribution in [2.24, 2.45) is 5.92 Å². The lowest BCUT2D eigenvalue weighted by molar-refractivity contribution is 0.509. The van der Waals surface area contributed by atoms with Crippen molar-refractivity contribution < 1.29 is 0 Å². The number of hydrogen-bond acceptors (Lipinski definition) is 5. The maximum absolute atomic E-state index is 6.18. The molecule has 2 aliphatic rings. The van der Waals surface area contributed by atoms with Gasteiger partial charge in [-0.3, -0.25) is 0 Å². The van der Waals surface area contributed by atoms with Gasteiger partial charge in [0.05, 0.1) is 5.39 Å². The summed E-state index contributed by atoms with van der Waals surface area (Å²) in [5.41, 5.74) is 2.73. The zero-order chi connectivity index (χ0) is 19.3. The van der Waals surface area contributed by atoms with E-state index in [4.69, 9.17) is 21.6 Å². The van der Waals surface area contributed by atoms with Gasteiger partial charge in [0.2, 0.25) is 0 Å². The van der Waals surface area contributed by atoms with E-state index in [0.717, 1.165) is 48.8 Å². The van der Waals surface area contributed by atoms with Crippen LogP contribution in [0.1, 0.15) is 29.6 Å². The van der Waals surface area contributed by atoms with Gasteiger partial charge in [0.15, 0.2) is 0 Å². The van der Waals surface area contributed by atoms with Gasteiger partial charge in [0.25, 0.3) is 0 Å². The Kier molecular flexibility index (Phi) is 4.68. The molecule has 0 N–H and O–H groups in total. The van der Waals surface area contributed by atoms with Gasteiger partial charge < -0.3 is 9.80 Å². The summed E-state index contributed by atoms with van der Waals surface area (Å²) in [5.74, 6) is 2.81. The van der Waals surface area contributed by atoms with E-state index >= 15 is 0 Å². The van der Waals surface area contributed by atoms with Crippen molar-refractivity contribution in [2.75, 3.05) is 36.0 Å². The molecule has 3 aromatic rings. The van der Waals surface area contributed by atoms with Crippen molar-refractivity contribution in [3.05, 3.63) is 45.6 Å². The minimum atomic E-state index is 0.777. The van der Waals surface area contributed by atoms with Gasteiger partial charge in [-0.2, -0.15) is 0 Å². The average molecular weight is 413 g/mol. The van der Waals surface area contributed by atoms with Crippen molar-refractivity contribution >= 4 is 44.7 Å². The molecule has 0 saturated carbocycles. The first-order valence-electron chi connectivity index (χ1n) is 10.1. The molecule has 1 aromatic carbocycles. The number of nitrogens with zero attached hydrogens (tertiary/aromatic N) is 4. The Hall–Kier alpha value is -1.85. The van der Waals surface area contributed by atoms with Crippen LogP contribution in [0.4, 0.5) is 11.5 Å². The largest absolute Gasteiger partial charge is 0.368 e. The molecule has 0 spiro atoms. The van der Waals surface area contributed by atoms with Gasteiger partial charge in [-0.1, -0.05) is 24.6 Å². The van der Waals surface area contributed by atoms with Crippen molar-refractivity contribution in [1.29, 1.82) is 0 Å². The predicted molar refractivity (Wildman–Crippen MR) is 119 cm³/mol. The number of hydrogen-bond donors (Lipinski definition) is 0. The quantitative estimate of drug-likeness (QED) is 0.585. The fourth-order valence-electron chi connectivity index (χ4n) is 4.50. The third-order valence-electron chi connectivity index (χ3n) is 6.00. The summed E-state index contributed by atoms with van der Waals surface area (Å²) in [7, 11) is 0. The van der Waals surface area contributed by atoms with Gasteiger partial charge in [0.1, 0.15) is 16.5 Å². The SMILES string of the molecule is Cc1nc(N2CCN(c3cccc(Cl)c3)CC2)c2c3c(sc2n1)C[C@H](C)CC3. The molecule has 146 valence electrons. The van der Waals surface area contributed by atoms with Crippen LogP contribution in [-0.2, 0) is 12.8 Å². The maximum atomic E-state index is 6.18. The van der Waals surface area contributed by atoms with Crippen molar-refractivity contribution in [2.45, 2.75) is 33.1 Å². The van der Waals surface area contributed by atoms with Gasteiger partial charge in [-0.05, 0) is 55.9 Å². The van der Waals surface area contributed by atoms with Crippen molar-refractivity contribution in [1.82, 2.24) is 9.97 Å². The molecule has 0 amide bonds. The summed E-state index contributed by atoms with van der Waals surface area (Å²) in [6.07, 6.45) is 3.63. The van der Waals surface area contributed by atoms with E-state index < -0.39 is 0 Å². The second-order valence-electron chi connectivity index (χ2n) is 8.08. The third-order valence-corrected chi connectivity index (χ3v) is 7.38. The zero-order valence-electron chi connectivity index (χ0n) is 16.4. The molecule has 1 aliphatic carbocycles. The molecule has 5 rings (SSSR count). The maximum Gasteiger partial charge on any atom is 0.141 e. The van der Waals surface area contributed by atoms with E-state index in [1.54, 1.807) is 0 Å². The molecule has 2 aromatic heterocycles. The minimum Gasteiger partial charge on any atom is -0.368 e. The Morgan fingerprint density at radius 3 is 2.68 bits per heavy atom. The molecule has 3 heterocycles. The third kappa shape index (κ3) is 3.25. The standard InChI is InChI=1S/C22H25ClN4S/c1-14-6-7-18-19(12-14)28-22-20(18)21(24-15(2)25-22)27-10-8-26(9-11-27)17-5-3-4-16(23)13-17/h3-5,13-14H,6-12H2,1-2H3/t14-/m1/s1. The topological polar surface area (TPSA) is 32.3 Å². The van der Waals surface area contributed by atoms with Crippen LogP contribution in [0.5, 0.6) is 0 Å². The first kappa shape index (κ1) is 18.2. The lowest BCUT2D eigenvalue weighted by Gasteiger charge is -2.37. The molecule has 1 aliphatic heterocycles. The van der Waals surface area contributed by atoms with E-state index in [0.29, 0.717) is 0 Å². The Morgan fingerprint density at radius 1 is 1.11 bits per heavy atom. The van der Waals surface area contributed by atoms with Crippen LogP contribution >= 0.6 is 22.9 Å². The highest BCUT2D eigenvalue weighted by molar-refractivity contribution is 7.19. The van der Waals surface area contributed by atoms with E-state index in [1.807, 2.05) is 30.4 Å². The number of anilines is 2. The van der Waals surface area contributed by atoms with Crippen molar-refractivity contribution in [3.8, 4) is 0 Å². The summed E-state index contributed by atoms with van der Waals surface area (Å²) in [4.78, 5) is 17.3. The highest BCUT2D eigenvalue weighted by Gasteiger charge is 2.27. The number of halogens is 1. The summed E-state index contributed by atoms with van der Waals surface area (Å²) >= 11 is 8.08. The molecule has 1 atom stereocenters. The van der Waals surface area contributed by atoms with E-state index in [9.17, 15) is 0 Å². The molecule has 4 nitrogen and oxygen atoms in total. The second kappa shape index (κ2) is 7.20. The highest BCUT2D eigenvalue weighted by Crippen LogP contribution is 2.41. The van der Waals surface area contributed by atoms with Gasteiger partial charge >= 0.3 is 0 Å². The molecule has 1 fully saturated rings. The summed E-state index contributed by atoms with van der Waals surface area (Å²) < 4.78 is 0. The summed E-state index contributed by atoms with van der Waals surface area (Å²) in [6, 6.07) is 8.16. The minimum absolute atomic E-state index is 0.777. The molecule has 0 radical (unpaired) electrons. The number of benzene rings is 1. The van der Waals surface area contributed by atoms with Gasteiger partial charge in [-0.25, -0.2) is 9.97 Å². The molecule has 0 unspecified atom stereocenters. The second-order valence-corrected chi connectivity index (χ2v) is 9.60. The smallest absolute Gasteiger partial charge is 0.141 e. The van der Waals surface area contributed by atoms with Crippen LogP contribution in [0.15, 0.2) is 24.3 Å². The van der Waals surface area contributed by atoms with Crippen LogP contribution < -0.4 is 9.80 Å². The Bertz CT molecular complexity index is 1020.